The van der Waals surface area contributed by atoms with E-state index in [1.165, 1.54) is 0 Å². The molecule has 0 saturated carbocycles. The van der Waals surface area contributed by atoms with Crippen LogP contribution in [0.1, 0.15) is 48.4 Å². The maximum Gasteiger partial charge on any atom is 0.249 e. The summed E-state index contributed by atoms with van der Waals surface area (Å²) in [5.74, 6) is 1.19. The molecule has 22 heavy (non-hydrogen) atoms. The van der Waals surface area contributed by atoms with Crippen molar-refractivity contribution in [2.75, 3.05) is 6.54 Å². The first-order valence-electron chi connectivity index (χ1n) is 7.65. The molecule has 3 heterocycles. The number of aryl methyl sites for hydroxylation is 3. The van der Waals surface area contributed by atoms with E-state index in [0.29, 0.717) is 11.7 Å². The van der Waals surface area contributed by atoms with E-state index in [4.69, 9.17) is 4.52 Å². The molecule has 0 N–H and O–H groups in total. The Morgan fingerprint density at radius 1 is 1.36 bits per heavy atom. The Hall–Kier alpha value is -2.18. The molecule has 1 fully saturated rings. The maximum absolute atomic E-state index is 12.7. The molecule has 7 nitrogen and oxygen atoms in total. The van der Waals surface area contributed by atoms with Crippen LogP contribution in [0, 0.1) is 20.8 Å². The van der Waals surface area contributed by atoms with E-state index in [0.717, 1.165) is 37.2 Å². The summed E-state index contributed by atoms with van der Waals surface area (Å²) in [7, 11) is 0. The van der Waals surface area contributed by atoms with Crippen LogP contribution in [0.25, 0.3) is 0 Å². The second-order valence-electron chi connectivity index (χ2n) is 5.86. The van der Waals surface area contributed by atoms with Gasteiger partial charge in [0, 0.05) is 12.2 Å². The Morgan fingerprint density at radius 2 is 2.18 bits per heavy atom. The number of likely N-dealkylation sites (tertiary alicyclic amines) is 1. The molecular weight excluding hydrogens is 282 g/mol. The topological polar surface area (TPSA) is 77.0 Å². The van der Waals surface area contributed by atoms with Gasteiger partial charge in [-0.15, -0.1) is 0 Å². The monoisotopic (exact) mass is 303 g/mol. The molecule has 0 unspecified atom stereocenters. The zero-order chi connectivity index (χ0) is 15.7. The van der Waals surface area contributed by atoms with Crippen LogP contribution in [0.3, 0.4) is 0 Å². The van der Waals surface area contributed by atoms with Crippen LogP contribution in [-0.4, -0.2) is 37.3 Å². The first-order valence-corrected chi connectivity index (χ1v) is 7.65. The van der Waals surface area contributed by atoms with Crippen LogP contribution in [0.15, 0.2) is 10.6 Å². The predicted octanol–water partition coefficient (Wildman–Crippen LogP) is 1.95. The predicted molar refractivity (Wildman–Crippen MR) is 79.0 cm³/mol. The molecule has 0 aliphatic carbocycles. The van der Waals surface area contributed by atoms with Crippen LogP contribution in [-0.2, 0) is 11.3 Å². The lowest BCUT2D eigenvalue weighted by atomic mass is 10.0. The standard InChI is InChI=1S/C15H21N5O2/c1-10-8-11(2)20(17-10)9-14(21)19-7-5-4-6-13(19)15-16-12(3)18-22-15/h8,13H,4-7,9H2,1-3H3/t13-/m1/s1. The van der Waals surface area contributed by atoms with Crippen LogP contribution < -0.4 is 0 Å². The summed E-state index contributed by atoms with van der Waals surface area (Å²) in [5.41, 5.74) is 1.92. The van der Waals surface area contributed by atoms with E-state index in [-0.39, 0.29) is 18.5 Å². The van der Waals surface area contributed by atoms with Crippen molar-refractivity contribution in [3.8, 4) is 0 Å². The van der Waals surface area contributed by atoms with E-state index >= 15 is 0 Å². The number of amides is 1. The average Bonchev–Trinajstić information content (AvgIpc) is 3.05. The fraction of sp³-hybridized carbons (Fsp3) is 0.600. The molecular formula is C15H21N5O2. The first-order chi connectivity index (χ1) is 10.5. The molecule has 1 atom stereocenters. The summed E-state index contributed by atoms with van der Waals surface area (Å²) in [6.07, 6.45) is 2.94. The lowest BCUT2D eigenvalue weighted by Crippen LogP contribution is -2.40. The summed E-state index contributed by atoms with van der Waals surface area (Å²) < 4.78 is 7.04. The van der Waals surface area contributed by atoms with Gasteiger partial charge in [-0.25, -0.2) is 0 Å². The molecule has 0 spiro atoms. The van der Waals surface area contributed by atoms with E-state index in [2.05, 4.69) is 15.2 Å². The normalized spacial score (nSPS) is 18.7. The SMILES string of the molecule is Cc1cc(C)n(CC(=O)N2CCCC[C@@H]2c2nc(C)no2)n1. The van der Waals surface area contributed by atoms with Crippen LogP contribution in [0.5, 0.6) is 0 Å². The molecule has 1 saturated heterocycles. The molecule has 0 bridgehead atoms. The molecule has 3 rings (SSSR count). The molecule has 1 aliphatic heterocycles. The Balaban J connectivity index is 1.78. The van der Waals surface area contributed by atoms with Crippen molar-refractivity contribution >= 4 is 5.91 Å². The molecule has 2 aromatic rings. The van der Waals surface area contributed by atoms with Gasteiger partial charge in [0.2, 0.25) is 11.8 Å². The van der Waals surface area contributed by atoms with Gasteiger partial charge in [-0.2, -0.15) is 10.1 Å². The highest BCUT2D eigenvalue weighted by atomic mass is 16.5. The van der Waals surface area contributed by atoms with Gasteiger partial charge in [-0.3, -0.25) is 9.48 Å². The smallest absolute Gasteiger partial charge is 0.249 e. The second-order valence-corrected chi connectivity index (χ2v) is 5.86. The van der Waals surface area contributed by atoms with E-state index < -0.39 is 0 Å². The molecule has 118 valence electrons. The van der Waals surface area contributed by atoms with Crippen molar-refractivity contribution in [2.45, 2.75) is 52.6 Å². The fourth-order valence-corrected chi connectivity index (χ4v) is 2.99. The Morgan fingerprint density at radius 3 is 2.82 bits per heavy atom. The third-order valence-corrected chi connectivity index (χ3v) is 4.04. The highest BCUT2D eigenvalue weighted by Crippen LogP contribution is 2.30. The summed E-state index contributed by atoms with van der Waals surface area (Å²) in [5, 5.41) is 8.21. The first kappa shape index (κ1) is 14.7. The van der Waals surface area contributed by atoms with Gasteiger partial charge in [-0.05, 0) is 46.1 Å². The molecule has 7 heteroatoms. The largest absolute Gasteiger partial charge is 0.337 e. The van der Waals surface area contributed by atoms with E-state index in [1.54, 1.807) is 11.6 Å². The lowest BCUT2D eigenvalue weighted by molar-refractivity contribution is -0.136. The van der Waals surface area contributed by atoms with Crippen molar-refractivity contribution in [1.29, 1.82) is 0 Å². The number of rotatable bonds is 3. The quantitative estimate of drug-likeness (QED) is 0.866. The van der Waals surface area contributed by atoms with Crippen molar-refractivity contribution in [1.82, 2.24) is 24.8 Å². The number of nitrogens with zero attached hydrogens (tertiary/aromatic N) is 5. The van der Waals surface area contributed by atoms with Crippen LogP contribution >= 0.6 is 0 Å². The van der Waals surface area contributed by atoms with Crippen molar-refractivity contribution < 1.29 is 9.32 Å². The summed E-state index contributed by atoms with van der Waals surface area (Å²) >= 11 is 0. The molecule has 2 aromatic heterocycles. The molecule has 0 radical (unpaired) electrons. The lowest BCUT2D eigenvalue weighted by Gasteiger charge is -2.33. The summed E-state index contributed by atoms with van der Waals surface area (Å²) in [6.45, 7) is 6.66. The van der Waals surface area contributed by atoms with Crippen molar-refractivity contribution in [3.63, 3.8) is 0 Å². The van der Waals surface area contributed by atoms with Crippen LogP contribution in [0.2, 0.25) is 0 Å². The number of hydrogen-bond donors (Lipinski definition) is 0. The minimum absolute atomic E-state index is 0.0479. The van der Waals surface area contributed by atoms with E-state index in [1.807, 2.05) is 24.8 Å². The molecule has 1 amide bonds. The van der Waals surface area contributed by atoms with Crippen molar-refractivity contribution in [2.24, 2.45) is 0 Å². The number of hydrogen-bond acceptors (Lipinski definition) is 5. The summed E-state index contributed by atoms with van der Waals surface area (Å²) in [4.78, 5) is 18.9. The number of carbonyl (C=O) groups excluding carboxylic acids is 1. The summed E-state index contributed by atoms with van der Waals surface area (Å²) in [6, 6.07) is 1.86. The number of aromatic nitrogens is 4. The number of carbonyl (C=O) groups is 1. The zero-order valence-corrected chi connectivity index (χ0v) is 13.2. The second kappa shape index (κ2) is 5.90. The number of piperidine rings is 1. The maximum atomic E-state index is 12.7. The van der Waals surface area contributed by atoms with Gasteiger partial charge >= 0.3 is 0 Å². The van der Waals surface area contributed by atoms with Gasteiger partial charge in [0.05, 0.1) is 5.69 Å². The van der Waals surface area contributed by atoms with Crippen molar-refractivity contribution in [3.05, 3.63) is 29.2 Å². The van der Waals surface area contributed by atoms with Gasteiger partial charge in [0.25, 0.3) is 0 Å². The zero-order valence-electron chi connectivity index (χ0n) is 13.2. The van der Waals surface area contributed by atoms with Gasteiger partial charge < -0.3 is 9.42 Å². The Labute approximate surface area is 129 Å². The third-order valence-electron chi connectivity index (χ3n) is 4.04. The highest BCUT2D eigenvalue weighted by Gasteiger charge is 2.32. The van der Waals surface area contributed by atoms with Gasteiger partial charge in [0.15, 0.2) is 5.82 Å². The minimum atomic E-state index is -0.112. The average molecular weight is 303 g/mol. The Bertz CT molecular complexity index is 675. The molecule has 1 aliphatic rings. The molecule has 0 aromatic carbocycles. The van der Waals surface area contributed by atoms with Gasteiger partial charge in [-0.1, -0.05) is 5.16 Å². The highest BCUT2D eigenvalue weighted by molar-refractivity contribution is 5.76. The fourth-order valence-electron chi connectivity index (χ4n) is 2.99. The van der Waals surface area contributed by atoms with E-state index in [9.17, 15) is 4.79 Å². The van der Waals surface area contributed by atoms with Gasteiger partial charge in [0.1, 0.15) is 12.6 Å². The third kappa shape index (κ3) is 2.88. The Kier molecular flexibility index (Phi) is 3.96. The minimum Gasteiger partial charge on any atom is -0.337 e. The van der Waals surface area contributed by atoms with Crippen LogP contribution in [0.4, 0.5) is 0 Å².